The van der Waals surface area contributed by atoms with Crippen LogP contribution < -0.4 is 10.5 Å². The summed E-state index contributed by atoms with van der Waals surface area (Å²) in [6, 6.07) is 10.7. The van der Waals surface area contributed by atoms with Crippen molar-refractivity contribution in [1.29, 1.82) is 5.41 Å². The molecular weight excluding hydrogens is 393 g/mol. The molecule has 0 aliphatic heterocycles. The van der Waals surface area contributed by atoms with Gasteiger partial charge in [0.2, 0.25) is 0 Å². The minimum Gasteiger partial charge on any atom is -0.492 e. The Morgan fingerprint density at radius 2 is 1.94 bits per heavy atom. The molecule has 0 aliphatic rings. The molecule has 0 atom stereocenters. The van der Waals surface area contributed by atoms with Crippen LogP contribution in [0.25, 0.3) is 22.0 Å². The second kappa shape index (κ2) is 9.31. The first-order valence-electron chi connectivity index (χ1n) is 10.2. The fourth-order valence-electron chi connectivity index (χ4n) is 3.72. The van der Waals surface area contributed by atoms with Crippen LogP contribution in [0.3, 0.4) is 0 Å². The van der Waals surface area contributed by atoms with Gasteiger partial charge in [-0.2, -0.15) is 5.10 Å². The van der Waals surface area contributed by atoms with Crippen LogP contribution in [0.15, 0.2) is 47.7 Å². The molecule has 0 saturated heterocycles. The van der Waals surface area contributed by atoms with Crippen LogP contribution in [0.5, 0.6) is 5.75 Å². The van der Waals surface area contributed by atoms with Crippen molar-refractivity contribution in [3.63, 3.8) is 0 Å². The lowest BCUT2D eigenvalue weighted by atomic mass is 10.0. The summed E-state index contributed by atoms with van der Waals surface area (Å²) in [5.41, 5.74) is 11.4. The summed E-state index contributed by atoms with van der Waals surface area (Å²) in [7, 11) is 5.96. The first-order valence-corrected chi connectivity index (χ1v) is 10.2. The van der Waals surface area contributed by atoms with E-state index in [4.69, 9.17) is 15.9 Å². The minimum atomic E-state index is -0.358. The van der Waals surface area contributed by atoms with Gasteiger partial charge in [-0.3, -0.25) is 4.68 Å². The van der Waals surface area contributed by atoms with Gasteiger partial charge in [0.25, 0.3) is 0 Å². The van der Waals surface area contributed by atoms with Crippen molar-refractivity contribution >= 4 is 16.6 Å². The van der Waals surface area contributed by atoms with Gasteiger partial charge >= 0.3 is 0 Å². The van der Waals surface area contributed by atoms with E-state index in [1.165, 1.54) is 12.1 Å². The molecule has 0 fully saturated rings. The maximum atomic E-state index is 14.0. The summed E-state index contributed by atoms with van der Waals surface area (Å²) in [6.07, 6.45) is 0.488. The number of aryl methyl sites for hydroxylation is 1. The standard InChI is InChI=1S/C24H30FN5O/c1-15(26)19(16(2)27)10-11-31-24-13-18(25)7-8-20(24)17-6-9-23-21(12-17)22(14-29(3)4)28-30(23)5/h6-9,12-13,26H,10-11,14,27H2,1-5H3/b19-16-,26-15?. The minimum absolute atomic E-state index is 0.303. The highest BCUT2D eigenvalue weighted by atomic mass is 19.1. The van der Waals surface area contributed by atoms with Crippen molar-refractivity contribution in [1.82, 2.24) is 14.7 Å². The average Bonchev–Trinajstić information content (AvgIpc) is 2.99. The van der Waals surface area contributed by atoms with E-state index in [0.717, 1.165) is 39.8 Å². The van der Waals surface area contributed by atoms with Crippen molar-refractivity contribution < 1.29 is 9.13 Å². The third kappa shape index (κ3) is 5.11. The summed E-state index contributed by atoms with van der Waals surface area (Å²) in [4.78, 5) is 2.08. The predicted octanol–water partition coefficient (Wildman–Crippen LogP) is 4.48. The largest absolute Gasteiger partial charge is 0.492 e. The van der Waals surface area contributed by atoms with Crippen LogP contribution in [-0.4, -0.2) is 41.1 Å². The van der Waals surface area contributed by atoms with E-state index in [-0.39, 0.29) is 5.82 Å². The summed E-state index contributed by atoms with van der Waals surface area (Å²) in [5, 5.41) is 13.6. The van der Waals surface area contributed by atoms with Crippen LogP contribution >= 0.6 is 0 Å². The van der Waals surface area contributed by atoms with Gasteiger partial charge in [-0.1, -0.05) is 6.07 Å². The average molecular weight is 424 g/mol. The van der Waals surface area contributed by atoms with E-state index in [2.05, 4.69) is 16.1 Å². The Morgan fingerprint density at radius 3 is 2.58 bits per heavy atom. The van der Waals surface area contributed by atoms with Crippen molar-refractivity contribution in [2.75, 3.05) is 20.7 Å². The van der Waals surface area contributed by atoms with E-state index in [1.807, 2.05) is 38.0 Å². The molecule has 6 nitrogen and oxygen atoms in total. The molecule has 1 aromatic heterocycles. The van der Waals surface area contributed by atoms with Crippen molar-refractivity contribution in [2.24, 2.45) is 12.8 Å². The topological polar surface area (TPSA) is 80.2 Å². The molecule has 3 N–H and O–H groups in total. The zero-order valence-corrected chi connectivity index (χ0v) is 18.8. The van der Waals surface area contributed by atoms with E-state index < -0.39 is 0 Å². The highest BCUT2D eigenvalue weighted by Crippen LogP contribution is 2.34. The first-order chi connectivity index (χ1) is 14.7. The lowest BCUT2D eigenvalue weighted by molar-refractivity contribution is 0.322. The summed E-state index contributed by atoms with van der Waals surface area (Å²) in [5.74, 6) is 0.109. The van der Waals surface area contributed by atoms with Crippen LogP contribution in [-0.2, 0) is 13.6 Å². The third-order valence-electron chi connectivity index (χ3n) is 5.19. The van der Waals surface area contributed by atoms with E-state index in [9.17, 15) is 4.39 Å². The Labute approximate surface area is 182 Å². The molecule has 0 spiro atoms. The molecule has 0 bridgehead atoms. The Bertz CT molecular complexity index is 1140. The number of halogens is 1. The molecule has 0 aliphatic carbocycles. The molecule has 164 valence electrons. The zero-order chi connectivity index (χ0) is 22.7. The normalized spacial score (nSPS) is 12.4. The fourth-order valence-corrected chi connectivity index (χ4v) is 3.72. The number of nitrogens with zero attached hydrogens (tertiary/aromatic N) is 3. The van der Waals surface area contributed by atoms with Gasteiger partial charge in [0.1, 0.15) is 11.6 Å². The molecular formula is C24H30FN5O. The van der Waals surface area contributed by atoms with Gasteiger partial charge in [0.15, 0.2) is 0 Å². The van der Waals surface area contributed by atoms with Gasteiger partial charge in [-0.15, -0.1) is 0 Å². The van der Waals surface area contributed by atoms with E-state index in [1.54, 1.807) is 19.9 Å². The van der Waals surface area contributed by atoms with Crippen molar-refractivity contribution in [3.05, 3.63) is 59.2 Å². The van der Waals surface area contributed by atoms with Crippen molar-refractivity contribution in [2.45, 2.75) is 26.8 Å². The number of nitrogens with two attached hydrogens (primary N) is 1. The number of fused-ring (bicyclic) bond motifs is 1. The molecule has 0 amide bonds. The van der Waals surface area contributed by atoms with E-state index >= 15 is 0 Å². The molecule has 3 rings (SSSR count). The number of hydrogen-bond donors (Lipinski definition) is 2. The third-order valence-corrected chi connectivity index (χ3v) is 5.19. The van der Waals surface area contributed by atoms with Gasteiger partial charge < -0.3 is 20.8 Å². The number of rotatable bonds is 8. The number of hydrogen-bond acceptors (Lipinski definition) is 5. The number of nitrogens with one attached hydrogen (secondary N) is 1. The number of benzene rings is 2. The van der Waals surface area contributed by atoms with Crippen LogP contribution in [0.2, 0.25) is 0 Å². The SMILES string of the molecule is CC(=N)/C(CCOc1cc(F)ccc1-c1ccc2c(c1)c(CN(C)C)nn2C)=C(/C)N. The quantitative estimate of drug-likeness (QED) is 0.524. The molecule has 0 saturated carbocycles. The summed E-state index contributed by atoms with van der Waals surface area (Å²) >= 11 is 0. The van der Waals surface area contributed by atoms with Gasteiger partial charge in [-0.05, 0) is 63.3 Å². The second-order valence-electron chi connectivity index (χ2n) is 8.07. The van der Waals surface area contributed by atoms with Gasteiger partial charge in [0.05, 0.1) is 17.8 Å². The number of aromatic nitrogens is 2. The lowest BCUT2D eigenvalue weighted by Crippen LogP contribution is -2.11. The second-order valence-corrected chi connectivity index (χ2v) is 8.07. The first kappa shape index (κ1) is 22.5. The van der Waals surface area contributed by atoms with E-state index in [0.29, 0.717) is 30.2 Å². The molecule has 31 heavy (non-hydrogen) atoms. The molecule has 3 aromatic rings. The Balaban J connectivity index is 1.95. The number of allylic oxidation sites excluding steroid dienone is 1. The van der Waals surface area contributed by atoms with Gasteiger partial charge in [0, 0.05) is 48.4 Å². The monoisotopic (exact) mass is 423 g/mol. The Hall–Kier alpha value is -3.19. The lowest BCUT2D eigenvalue weighted by Gasteiger charge is -2.14. The summed E-state index contributed by atoms with van der Waals surface area (Å²) < 4.78 is 21.8. The Morgan fingerprint density at radius 1 is 1.19 bits per heavy atom. The maximum Gasteiger partial charge on any atom is 0.130 e. The summed E-state index contributed by atoms with van der Waals surface area (Å²) in [6.45, 7) is 4.50. The predicted molar refractivity (Wildman–Crippen MR) is 124 cm³/mol. The van der Waals surface area contributed by atoms with Crippen LogP contribution in [0.1, 0.15) is 26.0 Å². The zero-order valence-electron chi connectivity index (χ0n) is 18.8. The molecule has 0 unspecified atom stereocenters. The molecule has 1 heterocycles. The fraction of sp³-hybridized carbons (Fsp3) is 0.333. The maximum absolute atomic E-state index is 14.0. The van der Waals surface area contributed by atoms with Crippen LogP contribution in [0, 0.1) is 11.2 Å². The molecule has 0 radical (unpaired) electrons. The molecule has 2 aromatic carbocycles. The molecule has 7 heteroatoms. The van der Waals surface area contributed by atoms with Gasteiger partial charge in [-0.25, -0.2) is 4.39 Å². The number of ether oxygens (including phenoxy) is 1. The smallest absolute Gasteiger partial charge is 0.130 e. The van der Waals surface area contributed by atoms with Crippen molar-refractivity contribution in [3.8, 4) is 16.9 Å². The Kier molecular flexibility index (Phi) is 6.75. The highest BCUT2D eigenvalue weighted by molar-refractivity contribution is 5.96. The highest BCUT2D eigenvalue weighted by Gasteiger charge is 2.14. The van der Waals surface area contributed by atoms with Crippen LogP contribution in [0.4, 0.5) is 4.39 Å².